The van der Waals surface area contributed by atoms with Gasteiger partial charge < -0.3 is 15.2 Å². The number of methoxy groups -OCH3 is 1. The van der Waals surface area contributed by atoms with E-state index in [2.05, 4.69) is 16.4 Å². The summed E-state index contributed by atoms with van der Waals surface area (Å²) >= 11 is 0. The molecule has 0 unspecified atom stereocenters. The molecule has 0 atom stereocenters. The van der Waals surface area contributed by atoms with E-state index >= 15 is 0 Å². The van der Waals surface area contributed by atoms with E-state index in [1.807, 2.05) is 24.4 Å². The maximum absolute atomic E-state index is 9.56. The van der Waals surface area contributed by atoms with E-state index in [0.29, 0.717) is 5.92 Å². The number of aliphatic hydroxyl groups excluding tert-OH is 1. The highest BCUT2D eigenvalue weighted by Crippen LogP contribution is 2.28. The Bertz CT molecular complexity index is 607. The summed E-state index contributed by atoms with van der Waals surface area (Å²) in [5, 5.41) is 15.3. The molecule has 4 heteroatoms. The third kappa shape index (κ3) is 3.27. The zero-order valence-electron chi connectivity index (χ0n) is 12.4. The second-order valence-corrected chi connectivity index (χ2v) is 5.80. The predicted octanol–water partition coefficient (Wildman–Crippen LogP) is 3.21. The van der Waals surface area contributed by atoms with E-state index < -0.39 is 0 Å². The lowest BCUT2D eigenvalue weighted by Crippen LogP contribution is -2.23. The topological polar surface area (TPSA) is 54.4 Å². The lowest BCUT2D eigenvalue weighted by molar-refractivity contribution is 0.111. The molecule has 1 aliphatic carbocycles. The van der Waals surface area contributed by atoms with Gasteiger partial charge in [-0.2, -0.15) is 0 Å². The molecule has 0 saturated heterocycles. The maximum atomic E-state index is 9.56. The average molecular weight is 286 g/mol. The van der Waals surface area contributed by atoms with Crippen LogP contribution < -0.4 is 10.1 Å². The number of nitrogens with zero attached hydrogens (tertiary/aromatic N) is 1. The first kappa shape index (κ1) is 14.1. The fourth-order valence-electron chi connectivity index (χ4n) is 3.01. The molecule has 2 aromatic rings. The zero-order valence-corrected chi connectivity index (χ0v) is 12.4. The Balaban J connectivity index is 1.74. The van der Waals surface area contributed by atoms with Gasteiger partial charge in [-0.3, -0.25) is 0 Å². The lowest BCUT2D eigenvalue weighted by atomic mass is 9.87. The second-order valence-electron chi connectivity index (χ2n) is 5.80. The van der Waals surface area contributed by atoms with Crippen molar-refractivity contribution < 1.29 is 9.84 Å². The number of ether oxygens (including phenoxy) is 1. The van der Waals surface area contributed by atoms with Crippen LogP contribution >= 0.6 is 0 Å². The first-order valence-electron chi connectivity index (χ1n) is 7.61. The van der Waals surface area contributed by atoms with Crippen molar-refractivity contribution in [2.45, 2.75) is 31.8 Å². The number of aromatic nitrogens is 1. The third-order valence-corrected chi connectivity index (χ3v) is 4.35. The number of aliphatic hydroxyl groups is 1. The number of hydrogen-bond acceptors (Lipinski definition) is 4. The van der Waals surface area contributed by atoms with E-state index in [1.54, 1.807) is 7.11 Å². The smallest absolute Gasteiger partial charge is 0.133 e. The molecule has 21 heavy (non-hydrogen) atoms. The Morgan fingerprint density at radius 1 is 1.24 bits per heavy atom. The number of benzene rings is 1. The van der Waals surface area contributed by atoms with E-state index in [4.69, 9.17) is 4.74 Å². The first-order chi connectivity index (χ1) is 10.3. The van der Waals surface area contributed by atoms with Gasteiger partial charge in [0.25, 0.3) is 0 Å². The molecule has 1 saturated carbocycles. The first-order valence-corrected chi connectivity index (χ1v) is 7.61. The molecule has 0 aliphatic heterocycles. The van der Waals surface area contributed by atoms with Crippen molar-refractivity contribution in [2.24, 2.45) is 5.92 Å². The molecular formula is C17H22N2O2. The molecule has 0 bridgehead atoms. The molecule has 1 fully saturated rings. The highest BCUT2D eigenvalue weighted by molar-refractivity contribution is 5.92. The summed E-state index contributed by atoms with van der Waals surface area (Å²) in [6, 6.07) is 8.05. The number of fused-ring (bicyclic) bond motifs is 1. The van der Waals surface area contributed by atoms with Crippen molar-refractivity contribution in [3.8, 4) is 5.75 Å². The van der Waals surface area contributed by atoms with Crippen molar-refractivity contribution in [3.63, 3.8) is 0 Å². The molecule has 1 heterocycles. The number of pyridine rings is 1. The summed E-state index contributed by atoms with van der Waals surface area (Å²) < 4.78 is 5.30. The summed E-state index contributed by atoms with van der Waals surface area (Å²) in [6.45, 7) is 0.913. The van der Waals surface area contributed by atoms with E-state index in [9.17, 15) is 5.11 Å². The Morgan fingerprint density at radius 2 is 2.05 bits per heavy atom. The molecule has 1 aliphatic rings. The lowest BCUT2D eigenvalue weighted by Gasteiger charge is -2.25. The van der Waals surface area contributed by atoms with Crippen molar-refractivity contribution in [2.75, 3.05) is 19.0 Å². The zero-order chi connectivity index (χ0) is 14.7. The minimum atomic E-state index is -0.0961. The molecule has 1 aromatic heterocycles. The molecule has 0 radical (unpaired) electrons. The van der Waals surface area contributed by atoms with Gasteiger partial charge in [-0.25, -0.2) is 4.98 Å². The minimum absolute atomic E-state index is 0.0961. The van der Waals surface area contributed by atoms with Gasteiger partial charge >= 0.3 is 0 Å². The molecule has 1 aromatic carbocycles. The van der Waals surface area contributed by atoms with Gasteiger partial charge in [0.05, 0.1) is 13.2 Å². The van der Waals surface area contributed by atoms with Gasteiger partial charge in [-0.1, -0.05) is 6.07 Å². The molecule has 2 N–H and O–H groups in total. The van der Waals surface area contributed by atoms with Crippen LogP contribution in [0, 0.1) is 5.92 Å². The molecule has 3 rings (SSSR count). The van der Waals surface area contributed by atoms with Crippen molar-refractivity contribution in [3.05, 3.63) is 30.5 Å². The normalized spacial score (nSPS) is 22.2. The molecule has 4 nitrogen and oxygen atoms in total. The molecule has 0 amide bonds. The standard InChI is InChI=1S/C17H22N2O2/c1-21-15-7-4-13-8-9-18-17(16(13)10-15)19-11-12-2-5-14(20)6-3-12/h4,7-10,12,14,20H,2-3,5-6,11H2,1H3,(H,18,19). The van der Waals surface area contributed by atoms with E-state index in [1.165, 1.54) is 0 Å². The van der Waals surface area contributed by atoms with Crippen LogP contribution in [0.1, 0.15) is 25.7 Å². The number of rotatable bonds is 4. The van der Waals surface area contributed by atoms with Crippen LogP contribution in [0.5, 0.6) is 5.75 Å². The van der Waals surface area contributed by atoms with Gasteiger partial charge in [-0.05, 0) is 55.2 Å². The van der Waals surface area contributed by atoms with Crippen LogP contribution in [0.15, 0.2) is 30.5 Å². The predicted molar refractivity (Wildman–Crippen MR) is 84.7 cm³/mol. The highest BCUT2D eigenvalue weighted by atomic mass is 16.5. The van der Waals surface area contributed by atoms with Crippen molar-refractivity contribution in [1.29, 1.82) is 0 Å². The fourth-order valence-corrected chi connectivity index (χ4v) is 3.01. The minimum Gasteiger partial charge on any atom is -0.497 e. The van der Waals surface area contributed by atoms with E-state index in [0.717, 1.165) is 54.6 Å². The number of anilines is 1. The Labute approximate surface area is 125 Å². The van der Waals surface area contributed by atoms with Gasteiger partial charge in [0, 0.05) is 18.1 Å². The molecule has 112 valence electrons. The average Bonchev–Trinajstić information content (AvgIpc) is 2.54. The Kier molecular flexibility index (Phi) is 4.25. The van der Waals surface area contributed by atoms with Gasteiger partial charge in [0.2, 0.25) is 0 Å². The molecular weight excluding hydrogens is 264 g/mol. The highest BCUT2D eigenvalue weighted by Gasteiger charge is 2.19. The molecule has 0 spiro atoms. The largest absolute Gasteiger partial charge is 0.497 e. The van der Waals surface area contributed by atoms with Gasteiger partial charge in [0.15, 0.2) is 0 Å². The van der Waals surface area contributed by atoms with E-state index in [-0.39, 0.29) is 6.10 Å². The monoisotopic (exact) mass is 286 g/mol. The van der Waals surface area contributed by atoms with Crippen LogP contribution in [0.2, 0.25) is 0 Å². The van der Waals surface area contributed by atoms with Crippen LogP contribution in [0.25, 0.3) is 10.8 Å². The maximum Gasteiger partial charge on any atom is 0.133 e. The van der Waals surface area contributed by atoms with Gasteiger partial charge in [0.1, 0.15) is 11.6 Å². The third-order valence-electron chi connectivity index (χ3n) is 4.35. The summed E-state index contributed by atoms with van der Waals surface area (Å²) in [5.41, 5.74) is 0. The van der Waals surface area contributed by atoms with Gasteiger partial charge in [-0.15, -0.1) is 0 Å². The van der Waals surface area contributed by atoms with Crippen LogP contribution in [-0.4, -0.2) is 29.8 Å². The van der Waals surface area contributed by atoms with Crippen LogP contribution in [0.4, 0.5) is 5.82 Å². The summed E-state index contributed by atoms with van der Waals surface area (Å²) in [4.78, 5) is 4.47. The number of nitrogens with one attached hydrogen (secondary N) is 1. The van der Waals surface area contributed by atoms with Crippen LogP contribution in [-0.2, 0) is 0 Å². The van der Waals surface area contributed by atoms with Crippen LogP contribution in [0.3, 0.4) is 0 Å². The van der Waals surface area contributed by atoms with Crippen molar-refractivity contribution in [1.82, 2.24) is 4.98 Å². The quantitative estimate of drug-likeness (QED) is 0.906. The Morgan fingerprint density at radius 3 is 2.81 bits per heavy atom. The van der Waals surface area contributed by atoms with Crippen molar-refractivity contribution >= 4 is 16.6 Å². The SMILES string of the molecule is COc1ccc2ccnc(NCC3CCC(O)CC3)c2c1. The number of hydrogen-bond donors (Lipinski definition) is 2. The second kappa shape index (κ2) is 6.31. The summed E-state index contributed by atoms with van der Waals surface area (Å²) in [6.07, 6.45) is 5.75. The summed E-state index contributed by atoms with van der Waals surface area (Å²) in [7, 11) is 1.68. The summed E-state index contributed by atoms with van der Waals surface area (Å²) in [5.74, 6) is 2.38. The Hall–Kier alpha value is -1.81. The fraction of sp³-hybridized carbons (Fsp3) is 0.471.